The van der Waals surface area contributed by atoms with Crippen LogP contribution >= 0.6 is 0 Å². The summed E-state index contributed by atoms with van der Waals surface area (Å²) in [5.41, 5.74) is 12.6. The van der Waals surface area contributed by atoms with E-state index in [0.29, 0.717) is 22.1 Å². The van der Waals surface area contributed by atoms with Gasteiger partial charge in [-0.25, -0.2) is 0 Å². The largest absolute Gasteiger partial charge is 0.397 e. The first-order valence-corrected chi connectivity index (χ1v) is 5.60. The van der Waals surface area contributed by atoms with E-state index in [4.69, 9.17) is 22.0 Å². The van der Waals surface area contributed by atoms with Crippen molar-refractivity contribution in [2.75, 3.05) is 11.5 Å². The first kappa shape index (κ1) is 13.3. The highest BCUT2D eigenvalue weighted by atomic mass is 14.6. The molecular formula is C14H14N4. The first-order chi connectivity index (χ1) is 8.70. The number of rotatable bonds is 0. The van der Waals surface area contributed by atoms with Gasteiger partial charge in [0.15, 0.2) is 0 Å². The standard InChI is InChI=1S/C12H8N4.C2H6/c13-5-9-10(6-14)12(16)8-4-2-1-3-7(8)11(9)15;1-2/h1-4H,15-16H2;1-2H3. The average molecular weight is 238 g/mol. The molecule has 0 aliphatic heterocycles. The minimum absolute atomic E-state index is 0.152. The van der Waals surface area contributed by atoms with Crippen LogP contribution in [0.3, 0.4) is 0 Å². The van der Waals surface area contributed by atoms with Crippen LogP contribution in [0.2, 0.25) is 0 Å². The van der Waals surface area contributed by atoms with Gasteiger partial charge in [-0.05, 0) is 0 Å². The number of anilines is 2. The van der Waals surface area contributed by atoms with Gasteiger partial charge in [0.1, 0.15) is 12.1 Å². The van der Waals surface area contributed by atoms with Crippen molar-refractivity contribution in [2.24, 2.45) is 0 Å². The molecule has 0 radical (unpaired) electrons. The van der Waals surface area contributed by atoms with Crippen molar-refractivity contribution in [3.05, 3.63) is 35.4 Å². The maximum Gasteiger partial charge on any atom is 0.103 e. The van der Waals surface area contributed by atoms with E-state index in [1.807, 2.05) is 38.1 Å². The van der Waals surface area contributed by atoms with Gasteiger partial charge in [-0.2, -0.15) is 10.5 Å². The zero-order chi connectivity index (χ0) is 13.7. The first-order valence-electron chi connectivity index (χ1n) is 5.60. The SMILES string of the molecule is CC.N#Cc1c(C#N)c(N)c2ccccc2c1N. The summed E-state index contributed by atoms with van der Waals surface area (Å²) in [6.45, 7) is 4.00. The van der Waals surface area contributed by atoms with Crippen LogP contribution in [0.25, 0.3) is 10.8 Å². The molecule has 0 aliphatic carbocycles. The highest BCUT2D eigenvalue weighted by molar-refractivity contribution is 6.05. The molecule has 0 aromatic heterocycles. The maximum atomic E-state index is 8.98. The number of nitriles is 2. The molecule has 2 aromatic carbocycles. The summed E-state index contributed by atoms with van der Waals surface area (Å²) >= 11 is 0. The van der Waals surface area contributed by atoms with Gasteiger partial charge < -0.3 is 11.5 Å². The van der Waals surface area contributed by atoms with E-state index >= 15 is 0 Å². The van der Waals surface area contributed by atoms with Crippen LogP contribution in [0.15, 0.2) is 24.3 Å². The van der Waals surface area contributed by atoms with Crippen LogP contribution in [-0.2, 0) is 0 Å². The molecule has 0 heterocycles. The Balaban J connectivity index is 0.000000771. The number of fused-ring (bicyclic) bond motifs is 1. The van der Waals surface area contributed by atoms with Crippen molar-refractivity contribution < 1.29 is 0 Å². The molecule has 4 nitrogen and oxygen atoms in total. The van der Waals surface area contributed by atoms with Crippen molar-refractivity contribution in [1.29, 1.82) is 10.5 Å². The lowest BCUT2D eigenvalue weighted by Gasteiger charge is -2.09. The van der Waals surface area contributed by atoms with Crippen molar-refractivity contribution in [3.63, 3.8) is 0 Å². The molecule has 90 valence electrons. The average Bonchev–Trinajstić information content (AvgIpc) is 2.44. The van der Waals surface area contributed by atoms with E-state index in [1.165, 1.54) is 0 Å². The highest BCUT2D eigenvalue weighted by Crippen LogP contribution is 2.33. The number of nitrogens with two attached hydrogens (primary N) is 2. The number of benzene rings is 2. The molecule has 2 rings (SSSR count). The van der Waals surface area contributed by atoms with Crippen molar-refractivity contribution in [3.8, 4) is 12.1 Å². The summed E-state index contributed by atoms with van der Waals surface area (Å²) < 4.78 is 0. The van der Waals surface area contributed by atoms with E-state index in [1.54, 1.807) is 12.1 Å². The van der Waals surface area contributed by atoms with Crippen molar-refractivity contribution >= 4 is 22.1 Å². The molecule has 0 aliphatic rings. The van der Waals surface area contributed by atoms with Crippen LogP contribution < -0.4 is 11.5 Å². The molecule has 4 heteroatoms. The summed E-state index contributed by atoms with van der Waals surface area (Å²) in [6.07, 6.45) is 0. The molecule has 0 saturated carbocycles. The predicted molar refractivity (Wildman–Crippen MR) is 73.6 cm³/mol. The Hall–Kier alpha value is -2.72. The Bertz CT molecular complexity index is 602. The third-order valence-corrected chi connectivity index (χ3v) is 2.52. The second-order valence-corrected chi connectivity index (χ2v) is 3.35. The lowest BCUT2D eigenvalue weighted by atomic mass is 9.97. The lowest BCUT2D eigenvalue weighted by molar-refractivity contribution is 1.44. The fourth-order valence-corrected chi connectivity index (χ4v) is 1.72. The molecule has 0 atom stereocenters. The Labute approximate surface area is 106 Å². The quantitative estimate of drug-likeness (QED) is 0.689. The van der Waals surface area contributed by atoms with E-state index in [2.05, 4.69) is 0 Å². The smallest absolute Gasteiger partial charge is 0.103 e. The summed E-state index contributed by atoms with van der Waals surface area (Å²) in [4.78, 5) is 0. The van der Waals surface area contributed by atoms with E-state index in [-0.39, 0.29) is 11.1 Å². The Morgan fingerprint density at radius 2 is 1.17 bits per heavy atom. The second kappa shape index (κ2) is 5.56. The third kappa shape index (κ3) is 1.92. The van der Waals surface area contributed by atoms with Gasteiger partial charge in [0, 0.05) is 10.8 Å². The molecule has 18 heavy (non-hydrogen) atoms. The maximum absolute atomic E-state index is 8.98. The van der Waals surface area contributed by atoms with E-state index < -0.39 is 0 Å². The summed E-state index contributed by atoms with van der Waals surface area (Å²) in [5, 5.41) is 19.4. The Kier molecular flexibility index (Phi) is 4.12. The van der Waals surface area contributed by atoms with Crippen LogP contribution in [0, 0.1) is 22.7 Å². The van der Waals surface area contributed by atoms with Crippen molar-refractivity contribution in [1.82, 2.24) is 0 Å². The minimum Gasteiger partial charge on any atom is -0.397 e. The summed E-state index contributed by atoms with van der Waals surface area (Å²) in [7, 11) is 0. The van der Waals surface area contributed by atoms with Crippen molar-refractivity contribution in [2.45, 2.75) is 13.8 Å². The molecule has 0 bridgehead atoms. The normalized spacial score (nSPS) is 8.89. The molecule has 2 aromatic rings. The third-order valence-electron chi connectivity index (χ3n) is 2.52. The van der Waals surface area contributed by atoms with Gasteiger partial charge in [0.05, 0.1) is 22.5 Å². The second-order valence-electron chi connectivity index (χ2n) is 3.35. The predicted octanol–water partition coefficient (Wildman–Crippen LogP) is 2.77. The number of nitrogen functional groups attached to an aromatic ring is 2. The number of hydrogen-bond acceptors (Lipinski definition) is 4. The van der Waals surface area contributed by atoms with Gasteiger partial charge >= 0.3 is 0 Å². The molecule has 0 amide bonds. The van der Waals surface area contributed by atoms with Crippen LogP contribution in [0.5, 0.6) is 0 Å². The van der Waals surface area contributed by atoms with Crippen LogP contribution in [-0.4, -0.2) is 0 Å². The van der Waals surface area contributed by atoms with Crippen LogP contribution in [0.4, 0.5) is 11.4 Å². The van der Waals surface area contributed by atoms with Gasteiger partial charge in [-0.3, -0.25) is 0 Å². The minimum atomic E-state index is 0.152. The highest BCUT2D eigenvalue weighted by Gasteiger charge is 2.15. The topological polar surface area (TPSA) is 99.6 Å². The van der Waals surface area contributed by atoms with Gasteiger partial charge in [0.25, 0.3) is 0 Å². The summed E-state index contributed by atoms with van der Waals surface area (Å²) in [6, 6.07) is 11.0. The molecule has 4 N–H and O–H groups in total. The zero-order valence-electron chi connectivity index (χ0n) is 10.4. The Morgan fingerprint density at radius 3 is 1.44 bits per heavy atom. The number of hydrogen-bond donors (Lipinski definition) is 2. The fourth-order valence-electron chi connectivity index (χ4n) is 1.72. The fraction of sp³-hybridized carbons (Fsp3) is 0.143. The molecule has 0 saturated heterocycles. The molecule has 0 spiro atoms. The molecule has 0 fully saturated rings. The lowest BCUT2D eigenvalue weighted by Crippen LogP contribution is -2.01. The monoisotopic (exact) mass is 238 g/mol. The van der Waals surface area contributed by atoms with Gasteiger partial charge in [-0.1, -0.05) is 38.1 Å². The van der Waals surface area contributed by atoms with E-state index in [9.17, 15) is 0 Å². The zero-order valence-corrected chi connectivity index (χ0v) is 10.4. The number of nitrogens with zero attached hydrogens (tertiary/aromatic N) is 2. The summed E-state index contributed by atoms with van der Waals surface area (Å²) in [5.74, 6) is 0. The van der Waals surface area contributed by atoms with E-state index in [0.717, 1.165) is 0 Å². The molecular weight excluding hydrogens is 224 g/mol. The Morgan fingerprint density at radius 1 is 0.833 bits per heavy atom. The van der Waals surface area contributed by atoms with Crippen LogP contribution in [0.1, 0.15) is 25.0 Å². The van der Waals surface area contributed by atoms with Gasteiger partial charge in [-0.15, -0.1) is 0 Å². The van der Waals surface area contributed by atoms with Gasteiger partial charge in [0.2, 0.25) is 0 Å². The molecule has 0 unspecified atom stereocenters.